The summed E-state index contributed by atoms with van der Waals surface area (Å²) in [5.41, 5.74) is 11.1. The molecule has 0 unspecified atom stereocenters. The Morgan fingerprint density at radius 3 is 1.71 bits per heavy atom. The van der Waals surface area contributed by atoms with Crippen LogP contribution >= 0.6 is 0 Å². The summed E-state index contributed by atoms with van der Waals surface area (Å²) in [6, 6.07) is 73.4. The number of fused-ring (bicyclic) bond motifs is 8. The summed E-state index contributed by atoms with van der Waals surface area (Å²) in [6.07, 6.45) is 0. The van der Waals surface area contributed by atoms with Gasteiger partial charge in [-0.2, -0.15) is 0 Å². The van der Waals surface area contributed by atoms with E-state index in [4.69, 9.17) is 14.4 Å². The zero-order valence-electron chi connectivity index (χ0n) is 31.9. The van der Waals surface area contributed by atoms with Crippen molar-refractivity contribution >= 4 is 65.0 Å². The molecule has 0 spiro atoms. The molecule has 0 aliphatic carbocycles. The maximum absolute atomic E-state index is 6.34. The molecule has 10 aromatic carbocycles. The van der Waals surface area contributed by atoms with Gasteiger partial charge in [-0.25, -0.2) is 9.97 Å². The van der Waals surface area contributed by atoms with Crippen LogP contribution in [0, 0.1) is 0 Å². The molecule has 274 valence electrons. The van der Waals surface area contributed by atoms with Gasteiger partial charge in [-0.1, -0.05) is 176 Å². The number of hydrogen-bond acceptors (Lipinski definition) is 3. The molecule has 2 aromatic heterocycles. The first-order valence-electron chi connectivity index (χ1n) is 20.1. The summed E-state index contributed by atoms with van der Waals surface area (Å²) >= 11 is 0. The Labute approximate surface area is 340 Å². The Balaban J connectivity index is 1.08. The van der Waals surface area contributed by atoms with Gasteiger partial charge in [0.2, 0.25) is 0 Å². The van der Waals surface area contributed by atoms with E-state index >= 15 is 0 Å². The Hall–Kier alpha value is -7.88. The summed E-state index contributed by atoms with van der Waals surface area (Å²) < 4.78 is 6.34. The van der Waals surface area contributed by atoms with Crippen LogP contribution in [0.3, 0.4) is 0 Å². The van der Waals surface area contributed by atoms with Crippen molar-refractivity contribution in [2.24, 2.45) is 0 Å². The highest BCUT2D eigenvalue weighted by Crippen LogP contribution is 2.44. The highest BCUT2D eigenvalue weighted by molar-refractivity contribution is 6.23. The van der Waals surface area contributed by atoms with E-state index in [9.17, 15) is 0 Å². The first kappa shape index (κ1) is 33.3. The number of aromatic nitrogens is 2. The molecule has 0 amide bonds. The monoisotopic (exact) mass is 750 g/mol. The van der Waals surface area contributed by atoms with Gasteiger partial charge in [0.1, 0.15) is 11.2 Å². The molecule has 0 N–H and O–H groups in total. The van der Waals surface area contributed by atoms with Crippen LogP contribution in [-0.2, 0) is 0 Å². The summed E-state index contributed by atoms with van der Waals surface area (Å²) in [7, 11) is 0. The number of para-hydroxylation sites is 1. The van der Waals surface area contributed by atoms with Crippen molar-refractivity contribution < 1.29 is 4.42 Å². The van der Waals surface area contributed by atoms with Crippen molar-refractivity contribution in [2.75, 3.05) is 0 Å². The van der Waals surface area contributed by atoms with E-state index in [1.54, 1.807) is 0 Å². The van der Waals surface area contributed by atoms with Gasteiger partial charge in [-0.3, -0.25) is 0 Å². The van der Waals surface area contributed by atoms with Gasteiger partial charge in [0.25, 0.3) is 0 Å². The van der Waals surface area contributed by atoms with Crippen LogP contribution in [-0.4, -0.2) is 9.97 Å². The third kappa shape index (κ3) is 5.44. The molecule has 0 fully saturated rings. The number of nitrogens with zero attached hydrogens (tertiary/aromatic N) is 2. The Bertz CT molecular complexity index is 3620. The minimum atomic E-state index is 0.681. The fourth-order valence-corrected chi connectivity index (χ4v) is 9.14. The van der Waals surface area contributed by atoms with Crippen LogP contribution in [0.5, 0.6) is 0 Å². The first-order valence-corrected chi connectivity index (χ1v) is 20.1. The maximum atomic E-state index is 6.34. The van der Waals surface area contributed by atoms with Crippen LogP contribution in [0.15, 0.2) is 211 Å². The minimum Gasteiger partial charge on any atom is -0.456 e. The van der Waals surface area contributed by atoms with Gasteiger partial charge < -0.3 is 4.42 Å². The molecule has 59 heavy (non-hydrogen) atoms. The first-order chi connectivity index (χ1) is 29.2. The molecule has 2 heterocycles. The molecule has 12 aromatic rings. The van der Waals surface area contributed by atoms with Gasteiger partial charge >= 0.3 is 0 Å². The molecule has 0 aliphatic heterocycles. The van der Waals surface area contributed by atoms with E-state index in [2.05, 4.69) is 176 Å². The third-order valence-electron chi connectivity index (χ3n) is 11.9. The molecule has 0 saturated heterocycles. The van der Waals surface area contributed by atoms with E-state index < -0.39 is 0 Å². The van der Waals surface area contributed by atoms with Crippen molar-refractivity contribution in [3.05, 3.63) is 206 Å². The summed E-state index contributed by atoms with van der Waals surface area (Å²) in [4.78, 5) is 10.6. The number of rotatable bonds is 5. The molecule has 3 heteroatoms. The molecular formula is C56H34N2O. The summed E-state index contributed by atoms with van der Waals surface area (Å²) in [5, 5.41) is 12.0. The Kier molecular flexibility index (Phi) is 7.54. The van der Waals surface area contributed by atoms with Crippen LogP contribution in [0.2, 0.25) is 0 Å². The van der Waals surface area contributed by atoms with Gasteiger partial charge in [0.05, 0.1) is 11.4 Å². The van der Waals surface area contributed by atoms with Crippen molar-refractivity contribution in [1.29, 1.82) is 0 Å². The van der Waals surface area contributed by atoms with E-state index in [1.807, 2.05) is 30.3 Å². The van der Waals surface area contributed by atoms with Crippen molar-refractivity contribution in [3.63, 3.8) is 0 Å². The topological polar surface area (TPSA) is 38.9 Å². The fraction of sp³-hybridized carbons (Fsp3) is 0. The van der Waals surface area contributed by atoms with Crippen molar-refractivity contribution in [1.82, 2.24) is 9.97 Å². The predicted octanol–water partition coefficient (Wildman–Crippen LogP) is 15.3. The average molecular weight is 751 g/mol. The number of benzene rings is 10. The molecule has 0 aliphatic rings. The van der Waals surface area contributed by atoms with Crippen LogP contribution in [0.1, 0.15) is 0 Å². The van der Waals surface area contributed by atoms with Gasteiger partial charge in [-0.05, 0) is 95.7 Å². The van der Waals surface area contributed by atoms with E-state index in [0.717, 1.165) is 66.5 Å². The fourth-order valence-electron chi connectivity index (χ4n) is 9.14. The van der Waals surface area contributed by atoms with Crippen LogP contribution < -0.4 is 0 Å². The molecule has 0 atom stereocenters. The maximum Gasteiger partial charge on any atom is 0.160 e. The van der Waals surface area contributed by atoms with Crippen molar-refractivity contribution in [3.8, 4) is 56.2 Å². The molecule has 0 bridgehead atoms. The zero-order valence-corrected chi connectivity index (χ0v) is 31.9. The molecule has 0 saturated carbocycles. The number of hydrogen-bond donors (Lipinski definition) is 0. The average Bonchev–Trinajstić information content (AvgIpc) is 3.69. The number of furan rings is 1. The smallest absolute Gasteiger partial charge is 0.160 e. The molecular weight excluding hydrogens is 717 g/mol. The van der Waals surface area contributed by atoms with Crippen LogP contribution in [0.25, 0.3) is 121 Å². The normalized spacial score (nSPS) is 11.7. The second-order valence-corrected chi connectivity index (χ2v) is 15.2. The molecule has 12 rings (SSSR count). The third-order valence-corrected chi connectivity index (χ3v) is 11.9. The predicted molar refractivity (Wildman–Crippen MR) is 247 cm³/mol. The lowest BCUT2D eigenvalue weighted by molar-refractivity contribution is 0.669. The lowest BCUT2D eigenvalue weighted by atomic mass is 9.86. The summed E-state index contributed by atoms with van der Waals surface area (Å²) in [6.45, 7) is 0. The highest BCUT2D eigenvalue weighted by Gasteiger charge is 2.20. The minimum absolute atomic E-state index is 0.681. The lowest BCUT2D eigenvalue weighted by Crippen LogP contribution is -1.98. The quantitative estimate of drug-likeness (QED) is 0.130. The molecule has 3 nitrogen and oxygen atoms in total. The zero-order chi connectivity index (χ0) is 38.9. The lowest BCUT2D eigenvalue weighted by Gasteiger charge is -2.18. The summed E-state index contributed by atoms with van der Waals surface area (Å²) in [5.74, 6) is 0.681. The Morgan fingerprint density at radius 1 is 0.288 bits per heavy atom. The Morgan fingerprint density at radius 2 is 0.881 bits per heavy atom. The van der Waals surface area contributed by atoms with E-state index in [1.165, 1.54) is 48.8 Å². The van der Waals surface area contributed by atoms with Gasteiger partial charge in [0, 0.05) is 27.5 Å². The second kappa shape index (κ2) is 13.4. The SMILES string of the molecule is c1ccc(-c2nc(-c3ccccc3-c3ccc4c(c3)oc3ccccc34)cc(-c3ccc(-c4c5ccccc5cc5c4ccc4ccccc45)c4ccccc34)n2)cc1. The standard InChI is InChI=1S/C56H34N2O/c1-2-15-36(16-3-1)56-57-51(44-23-11-8-19-40(44)38-27-28-47-46-24-12-13-25-53(46)59-54(47)33-38)34-52(58-56)45-30-31-48(43-22-10-9-21-42(43)45)55-41-20-7-5-17-37(41)32-50-39-18-6-4-14-35(39)26-29-49(50)55/h1-34H. The van der Waals surface area contributed by atoms with Crippen molar-refractivity contribution in [2.45, 2.75) is 0 Å². The van der Waals surface area contributed by atoms with Gasteiger partial charge in [-0.15, -0.1) is 0 Å². The second-order valence-electron chi connectivity index (χ2n) is 15.2. The van der Waals surface area contributed by atoms with Crippen LogP contribution in [0.4, 0.5) is 0 Å². The van der Waals surface area contributed by atoms with E-state index in [-0.39, 0.29) is 0 Å². The van der Waals surface area contributed by atoms with E-state index in [0.29, 0.717) is 5.82 Å². The highest BCUT2D eigenvalue weighted by atomic mass is 16.3. The molecule has 0 radical (unpaired) electrons. The largest absolute Gasteiger partial charge is 0.456 e. The van der Waals surface area contributed by atoms with Gasteiger partial charge in [0.15, 0.2) is 5.82 Å².